The lowest BCUT2D eigenvalue weighted by atomic mass is 9.78. The van der Waals surface area contributed by atoms with Gasteiger partial charge in [0.25, 0.3) is 5.91 Å². The zero-order valence-electron chi connectivity index (χ0n) is 12.4. The number of hydrogen-bond donors (Lipinski definition) is 3. The first-order chi connectivity index (χ1) is 10.2. The van der Waals surface area contributed by atoms with Gasteiger partial charge in [-0.25, -0.2) is 0 Å². The Labute approximate surface area is 125 Å². The van der Waals surface area contributed by atoms with Crippen LogP contribution in [0.25, 0.3) is 0 Å². The lowest BCUT2D eigenvalue weighted by molar-refractivity contribution is -0.122. The van der Waals surface area contributed by atoms with Gasteiger partial charge in [0.15, 0.2) is 0 Å². The molecule has 21 heavy (non-hydrogen) atoms. The third kappa shape index (κ3) is 3.82. The van der Waals surface area contributed by atoms with Crippen LogP contribution in [0.4, 0.5) is 5.69 Å². The summed E-state index contributed by atoms with van der Waals surface area (Å²) in [5.74, 6) is 0.0936. The molecule has 2 atom stereocenters. The van der Waals surface area contributed by atoms with E-state index in [1.807, 2.05) is 0 Å². The summed E-state index contributed by atoms with van der Waals surface area (Å²) in [5, 5.41) is 5.49. The smallest absolute Gasteiger partial charge is 0.251 e. The number of hydrogen-bond acceptors (Lipinski definition) is 3. The fourth-order valence-corrected chi connectivity index (χ4v) is 2.95. The second-order valence-corrected chi connectivity index (χ2v) is 5.54. The number of rotatable bonds is 4. The summed E-state index contributed by atoms with van der Waals surface area (Å²) in [6.45, 7) is 0.552. The number of carbonyl (C=O) groups excluding carboxylic acids is 2. The molecule has 0 heterocycles. The fraction of sp³-hybridized carbons (Fsp3) is 0.500. The topological polar surface area (TPSA) is 84.2 Å². The third-order valence-corrected chi connectivity index (χ3v) is 4.17. The van der Waals surface area contributed by atoms with E-state index in [0.29, 0.717) is 17.8 Å². The Morgan fingerprint density at radius 2 is 2.05 bits per heavy atom. The molecule has 1 aromatic rings. The van der Waals surface area contributed by atoms with Crippen LogP contribution in [0.2, 0.25) is 0 Å². The van der Waals surface area contributed by atoms with E-state index in [-0.39, 0.29) is 23.7 Å². The molecule has 1 aromatic carbocycles. The fourth-order valence-electron chi connectivity index (χ4n) is 2.95. The van der Waals surface area contributed by atoms with Crippen molar-refractivity contribution in [2.75, 3.05) is 18.9 Å². The van der Waals surface area contributed by atoms with Crippen molar-refractivity contribution in [2.45, 2.75) is 25.7 Å². The van der Waals surface area contributed by atoms with E-state index in [2.05, 4.69) is 10.6 Å². The van der Waals surface area contributed by atoms with Gasteiger partial charge in [-0.2, -0.15) is 0 Å². The molecule has 114 valence electrons. The van der Waals surface area contributed by atoms with E-state index in [1.54, 1.807) is 31.3 Å². The van der Waals surface area contributed by atoms with Gasteiger partial charge >= 0.3 is 0 Å². The first kappa shape index (κ1) is 15.5. The number of carbonyl (C=O) groups is 2. The molecule has 1 fully saturated rings. The van der Waals surface area contributed by atoms with E-state index in [1.165, 1.54) is 0 Å². The van der Waals surface area contributed by atoms with E-state index in [9.17, 15) is 9.59 Å². The maximum absolute atomic E-state index is 12.4. The lowest BCUT2D eigenvalue weighted by Crippen LogP contribution is -2.35. The van der Waals surface area contributed by atoms with Gasteiger partial charge in [-0.15, -0.1) is 0 Å². The maximum Gasteiger partial charge on any atom is 0.251 e. The van der Waals surface area contributed by atoms with Crippen molar-refractivity contribution in [1.29, 1.82) is 0 Å². The highest BCUT2D eigenvalue weighted by Crippen LogP contribution is 2.30. The number of nitrogens with two attached hydrogens (primary N) is 1. The van der Waals surface area contributed by atoms with Crippen LogP contribution in [0, 0.1) is 11.8 Å². The van der Waals surface area contributed by atoms with Crippen LogP contribution in [-0.4, -0.2) is 25.4 Å². The number of benzene rings is 1. The van der Waals surface area contributed by atoms with Crippen LogP contribution in [0.3, 0.4) is 0 Å². The minimum absolute atomic E-state index is 0.0132. The molecule has 1 aliphatic rings. The number of nitrogens with one attached hydrogen (secondary N) is 2. The van der Waals surface area contributed by atoms with Crippen LogP contribution in [0.15, 0.2) is 24.3 Å². The molecule has 0 aromatic heterocycles. The van der Waals surface area contributed by atoms with Crippen LogP contribution in [0.1, 0.15) is 36.0 Å². The average Bonchev–Trinajstić information content (AvgIpc) is 2.54. The molecule has 5 heteroatoms. The van der Waals surface area contributed by atoms with Gasteiger partial charge in [0.05, 0.1) is 0 Å². The van der Waals surface area contributed by atoms with Gasteiger partial charge in [-0.3, -0.25) is 9.59 Å². The summed E-state index contributed by atoms with van der Waals surface area (Å²) in [5.41, 5.74) is 6.97. The zero-order valence-corrected chi connectivity index (χ0v) is 12.4. The molecule has 2 unspecified atom stereocenters. The van der Waals surface area contributed by atoms with Crippen molar-refractivity contribution >= 4 is 17.5 Å². The Morgan fingerprint density at radius 1 is 1.29 bits per heavy atom. The summed E-state index contributed by atoms with van der Waals surface area (Å²) in [7, 11) is 1.58. The lowest BCUT2D eigenvalue weighted by Gasteiger charge is -2.29. The second kappa shape index (κ2) is 7.22. The van der Waals surface area contributed by atoms with Crippen molar-refractivity contribution < 1.29 is 9.59 Å². The summed E-state index contributed by atoms with van der Waals surface area (Å²) in [6, 6.07) is 6.97. The minimum Gasteiger partial charge on any atom is -0.355 e. The molecular weight excluding hydrogens is 266 g/mol. The average molecular weight is 289 g/mol. The van der Waals surface area contributed by atoms with E-state index >= 15 is 0 Å². The Balaban J connectivity index is 2.06. The summed E-state index contributed by atoms with van der Waals surface area (Å²) in [6.07, 6.45) is 4.14. The Hall–Kier alpha value is -1.88. The molecular formula is C16H23N3O2. The minimum atomic E-state index is -0.163. The van der Waals surface area contributed by atoms with Crippen LogP contribution in [-0.2, 0) is 4.79 Å². The van der Waals surface area contributed by atoms with Crippen molar-refractivity contribution in [2.24, 2.45) is 17.6 Å². The zero-order chi connectivity index (χ0) is 15.2. The van der Waals surface area contributed by atoms with E-state index < -0.39 is 0 Å². The highest BCUT2D eigenvalue weighted by molar-refractivity contribution is 5.97. The summed E-state index contributed by atoms with van der Waals surface area (Å²) >= 11 is 0. The van der Waals surface area contributed by atoms with Gasteiger partial charge < -0.3 is 16.4 Å². The first-order valence-electron chi connectivity index (χ1n) is 7.48. The molecule has 0 radical (unpaired) electrons. The molecule has 4 N–H and O–H groups in total. The quantitative estimate of drug-likeness (QED) is 0.789. The largest absolute Gasteiger partial charge is 0.355 e. The van der Waals surface area contributed by atoms with E-state index in [4.69, 9.17) is 5.73 Å². The van der Waals surface area contributed by atoms with Crippen molar-refractivity contribution in [3.05, 3.63) is 29.8 Å². The Bertz CT molecular complexity index is 516. The molecule has 0 aliphatic heterocycles. The standard InChI is InChI=1S/C16H23N3O2/c1-18-15(20)11-6-4-7-13(9-11)19-16(21)14-8-3-2-5-12(14)10-17/h4,6-7,9,12,14H,2-3,5,8,10,17H2,1H3,(H,18,20)(H,19,21). The molecule has 0 spiro atoms. The molecule has 0 bridgehead atoms. The monoisotopic (exact) mass is 289 g/mol. The van der Waals surface area contributed by atoms with Gasteiger partial charge in [0, 0.05) is 24.2 Å². The van der Waals surface area contributed by atoms with Crippen molar-refractivity contribution in [3.8, 4) is 0 Å². The number of amides is 2. The molecule has 5 nitrogen and oxygen atoms in total. The van der Waals surface area contributed by atoms with Gasteiger partial charge in [-0.05, 0) is 43.5 Å². The van der Waals surface area contributed by atoms with Crippen LogP contribution < -0.4 is 16.4 Å². The first-order valence-corrected chi connectivity index (χ1v) is 7.48. The van der Waals surface area contributed by atoms with Crippen molar-refractivity contribution in [3.63, 3.8) is 0 Å². The molecule has 1 saturated carbocycles. The maximum atomic E-state index is 12.4. The van der Waals surface area contributed by atoms with Crippen LogP contribution >= 0.6 is 0 Å². The highest BCUT2D eigenvalue weighted by Gasteiger charge is 2.29. The van der Waals surface area contributed by atoms with Gasteiger partial charge in [0.1, 0.15) is 0 Å². The summed E-state index contributed by atoms with van der Waals surface area (Å²) in [4.78, 5) is 24.0. The van der Waals surface area contributed by atoms with Crippen molar-refractivity contribution in [1.82, 2.24) is 5.32 Å². The number of anilines is 1. The predicted molar refractivity (Wildman–Crippen MR) is 83.0 cm³/mol. The highest BCUT2D eigenvalue weighted by atomic mass is 16.2. The van der Waals surface area contributed by atoms with Gasteiger partial charge in [0.2, 0.25) is 5.91 Å². The second-order valence-electron chi connectivity index (χ2n) is 5.54. The Morgan fingerprint density at radius 3 is 2.76 bits per heavy atom. The SMILES string of the molecule is CNC(=O)c1cccc(NC(=O)C2CCCCC2CN)c1. The normalized spacial score (nSPS) is 21.6. The third-order valence-electron chi connectivity index (χ3n) is 4.17. The van der Waals surface area contributed by atoms with Gasteiger partial charge in [-0.1, -0.05) is 18.9 Å². The predicted octanol–water partition coefficient (Wildman–Crippen LogP) is 1.75. The van der Waals surface area contributed by atoms with Crippen LogP contribution in [0.5, 0.6) is 0 Å². The van der Waals surface area contributed by atoms with E-state index in [0.717, 1.165) is 25.7 Å². The molecule has 2 rings (SSSR count). The summed E-state index contributed by atoms with van der Waals surface area (Å²) < 4.78 is 0. The Kier molecular flexibility index (Phi) is 5.33. The molecule has 0 saturated heterocycles. The molecule has 2 amide bonds. The molecule has 1 aliphatic carbocycles.